The van der Waals surface area contributed by atoms with Gasteiger partial charge in [-0.1, -0.05) is 0 Å². The number of fused-ring (bicyclic) bond motifs is 2. The molecule has 4 nitrogen and oxygen atoms in total. The summed E-state index contributed by atoms with van der Waals surface area (Å²) in [7, 11) is 1.63. The Hall–Kier alpha value is -0.300. The predicted molar refractivity (Wildman–Crippen MR) is 91.0 cm³/mol. The van der Waals surface area contributed by atoms with Gasteiger partial charge in [-0.2, -0.15) is 0 Å². The Labute approximate surface area is 143 Å². The molecule has 21 heavy (non-hydrogen) atoms. The minimum absolute atomic E-state index is 0. The van der Waals surface area contributed by atoms with Crippen molar-refractivity contribution in [2.75, 3.05) is 20.2 Å². The first-order chi connectivity index (χ1) is 9.63. The first kappa shape index (κ1) is 17.1. The zero-order chi connectivity index (χ0) is 14.3. The maximum Gasteiger partial charge on any atom is 0.268 e. The van der Waals surface area contributed by atoms with E-state index in [1.54, 1.807) is 7.11 Å². The molecule has 2 atom stereocenters. The molecule has 2 saturated heterocycles. The number of amides is 1. The SMILES string of the molecule is COc1c(C(=O)N2C3CCNCC2CC3)sc(C)c1Br.Cl. The average molecular weight is 396 g/mol. The summed E-state index contributed by atoms with van der Waals surface area (Å²) in [5.41, 5.74) is 0. The molecular weight excluding hydrogens is 376 g/mol. The van der Waals surface area contributed by atoms with E-state index in [0.29, 0.717) is 17.8 Å². The maximum absolute atomic E-state index is 13.0. The van der Waals surface area contributed by atoms with Crippen molar-refractivity contribution >= 4 is 45.6 Å². The average Bonchev–Trinajstić information content (AvgIpc) is 2.85. The summed E-state index contributed by atoms with van der Waals surface area (Å²) in [6.45, 7) is 3.93. The van der Waals surface area contributed by atoms with Gasteiger partial charge in [-0.3, -0.25) is 4.79 Å². The van der Waals surface area contributed by atoms with Crippen molar-refractivity contribution in [3.63, 3.8) is 0 Å². The van der Waals surface area contributed by atoms with Gasteiger partial charge >= 0.3 is 0 Å². The number of nitrogens with one attached hydrogen (secondary N) is 1. The van der Waals surface area contributed by atoms with Gasteiger partial charge < -0.3 is 15.0 Å². The van der Waals surface area contributed by atoms with Crippen molar-refractivity contribution in [3.05, 3.63) is 14.2 Å². The molecule has 7 heteroatoms. The van der Waals surface area contributed by atoms with Crippen molar-refractivity contribution < 1.29 is 9.53 Å². The van der Waals surface area contributed by atoms with Crippen molar-refractivity contribution in [2.24, 2.45) is 0 Å². The largest absolute Gasteiger partial charge is 0.494 e. The van der Waals surface area contributed by atoms with Crippen LogP contribution in [-0.2, 0) is 0 Å². The quantitative estimate of drug-likeness (QED) is 0.836. The molecular formula is C14H20BrClN2O2S. The van der Waals surface area contributed by atoms with Crippen LogP contribution in [0.1, 0.15) is 33.8 Å². The molecule has 2 aliphatic heterocycles. The third-order valence-corrected chi connectivity index (χ3v) is 6.55. The number of nitrogens with zero attached hydrogens (tertiary/aromatic N) is 1. The van der Waals surface area contributed by atoms with Crippen LogP contribution in [0.4, 0.5) is 0 Å². The summed E-state index contributed by atoms with van der Waals surface area (Å²) < 4.78 is 6.34. The molecule has 0 radical (unpaired) electrons. The third-order valence-electron chi connectivity index (χ3n) is 4.26. The van der Waals surface area contributed by atoms with E-state index in [1.807, 2.05) is 6.92 Å². The Morgan fingerprint density at radius 1 is 1.38 bits per heavy atom. The van der Waals surface area contributed by atoms with Gasteiger partial charge in [0.15, 0.2) is 5.75 Å². The summed E-state index contributed by atoms with van der Waals surface area (Å²) in [4.78, 5) is 16.9. The normalized spacial score (nSPS) is 24.4. The van der Waals surface area contributed by atoms with Crippen LogP contribution in [0.2, 0.25) is 0 Å². The van der Waals surface area contributed by atoms with Crippen molar-refractivity contribution in [1.82, 2.24) is 10.2 Å². The molecule has 2 bridgehead atoms. The number of methoxy groups -OCH3 is 1. The second-order valence-corrected chi connectivity index (χ2v) is 7.44. The van der Waals surface area contributed by atoms with E-state index in [1.165, 1.54) is 11.3 Å². The number of carbonyl (C=O) groups is 1. The zero-order valence-corrected chi connectivity index (χ0v) is 15.4. The topological polar surface area (TPSA) is 41.6 Å². The molecule has 2 aliphatic rings. The van der Waals surface area contributed by atoms with Crippen LogP contribution in [0, 0.1) is 6.92 Å². The molecule has 118 valence electrons. The van der Waals surface area contributed by atoms with Gasteiger partial charge in [0, 0.05) is 23.5 Å². The van der Waals surface area contributed by atoms with Crippen LogP contribution >= 0.6 is 39.7 Å². The fourth-order valence-corrected chi connectivity index (χ4v) is 4.95. The third kappa shape index (κ3) is 2.96. The summed E-state index contributed by atoms with van der Waals surface area (Å²) in [6, 6.07) is 0.717. The lowest BCUT2D eigenvalue weighted by Gasteiger charge is -2.27. The summed E-state index contributed by atoms with van der Waals surface area (Å²) in [5, 5.41) is 3.43. The number of thiophene rings is 1. The van der Waals surface area contributed by atoms with E-state index in [-0.39, 0.29) is 18.3 Å². The Morgan fingerprint density at radius 3 is 2.81 bits per heavy atom. The van der Waals surface area contributed by atoms with Crippen LogP contribution in [0.15, 0.2) is 4.47 Å². The van der Waals surface area contributed by atoms with Crippen LogP contribution < -0.4 is 10.1 Å². The van der Waals surface area contributed by atoms with Crippen LogP contribution in [0.5, 0.6) is 5.75 Å². The molecule has 1 aromatic rings. The number of carbonyl (C=O) groups excluding carboxylic acids is 1. The lowest BCUT2D eigenvalue weighted by molar-refractivity contribution is 0.0682. The van der Waals surface area contributed by atoms with Gasteiger partial charge in [0.25, 0.3) is 5.91 Å². The standard InChI is InChI=1S/C14H19BrN2O2S.ClH/c1-8-11(15)12(19-2)13(20-8)14(18)17-9-3-4-10(17)7-16-6-5-9;/h9-10,16H,3-7H2,1-2H3;1H. The Kier molecular flexibility index (Phi) is 5.57. The molecule has 3 heterocycles. The highest BCUT2D eigenvalue weighted by atomic mass is 79.9. The van der Waals surface area contributed by atoms with Gasteiger partial charge in [0.05, 0.1) is 11.6 Å². The number of halogens is 2. The monoisotopic (exact) mass is 394 g/mol. The Bertz CT molecular complexity index is 523. The zero-order valence-electron chi connectivity index (χ0n) is 12.1. The number of hydrogen-bond acceptors (Lipinski definition) is 4. The summed E-state index contributed by atoms with van der Waals surface area (Å²) in [6.07, 6.45) is 3.29. The fraction of sp³-hybridized carbons (Fsp3) is 0.643. The molecule has 3 rings (SSSR count). The lowest BCUT2D eigenvalue weighted by atomic mass is 10.1. The molecule has 2 fully saturated rings. The van der Waals surface area contributed by atoms with E-state index >= 15 is 0 Å². The summed E-state index contributed by atoms with van der Waals surface area (Å²) in [5.74, 6) is 0.825. The number of aryl methyl sites for hydroxylation is 1. The Morgan fingerprint density at radius 2 is 2.10 bits per heavy atom. The minimum Gasteiger partial charge on any atom is -0.494 e. The first-order valence-corrected chi connectivity index (χ1v) is 8.60. The molecule has 0 saturated carbocycles. The van der Waals surface area contributed by atoms with E-state index in [0.717, 1.165) is 46.6 Å². The van der Waals surface area contributed by atoms with Crippen LogP contribution in [-0.4, -0.2) is 43.1 Å². The number of hydrogen-bond donors (Lipinski definition) is 1. The van der Waals surface area contributed by atoms with Crippen molar-refractivity contribution in [1.29, 1.82) is 0 Å². The van der Waals surface area contributed by atoms with Gasteiger partial charge in [-0.25, -0.2) is 0 Å². The highest BCUT2D eigenvalue weighted by molar-refractivity contribution is 9.10. The molecule has 2 unspecified atom stereocenters. The highest BCUT2D eigenvalue weighted by Gasteiger charge is 2.40. The predicted octanol–water partition coefficient (Wildman–Crippen LogP) is 3.22. The molecule has 1 N–H and O–H groups in total. The van der Waals surface area contributed by atoms with Crippen molar-refractivity contribution in [2.45, 2.75) is 38.3 Å². The highest BCUT2D eigenvalue weighted by Crippen LogP contribution is 2.41. The lowest BCUT2D eigenvalue weighted by Crippen LogP contribution is -2.42. The molecule has 1 aromatic heterocycles. The minimum atomic E-state index is 0. The van der Waals surface area contributed by atoms with Crippen LogP contribution in [0.25, 0.3) is 0 Å². The van der Waals surface area contributed by atoms with Crippen LogP contribution in [0.3, 0.4) is 0 Å². The smallest absolute Gasteiger partial charge is 0.268 e. The van der Waals surface area contributed by atoms with Gasteiger partial charge in [-0.15, -0.1) is 23.7 Å². The number of ether oxygens (including phenoxy) is 1. The fourth-order valence-electron chi connectivity index (χ4n) is 3.26. The molecule has 0 spiro atoms. The maximum atomic E-state index is 13.0. The van der Waals surface area contributed by atoms with Crippen molar-refractivity contribution in [3.8, 4) is 5.75 Å². The molecule has 0 aromatic carbocycles. The van der Waals surface area contributed by atoms with E-state index in [9.17, 15) is 4.79 Å². The van der Waals surface area contributed by atoms with Gasteiger partial charge in [-0.05, 0) is 48.7 Å². The first-order valence-electron chi connectivity index (χ1n) is 6.99. The second-order valence-electron chi connectivity index (χ2n) is 5.42. The van der Waals surface area contributed by atoms with E-state index in [4.69, 9.17) is 4.74 Å². The van der Waals surface area contributed by atoms with E-state index in [2.05, 4.69) is 26.1 Å². The van der Waals surface area contributed by atoms with E-state index < -0.39 is 0 Å². The number of rotatable bonds is 2. The van der Waals surface area contributed by atoms with Gasteiger partial charge in [0.1, 0.15) is 4.88 Å². The summed E-state index contributed by atoms with van der Waals surface area (Å²) >= 11 is 5.04. The second kappa shape index (κ2) is 6.86. The van der Waals surface area contributed by atoms with Gasteiger partial charge in [0.2, 0.25) is 0 Å². The molecule has 1 amide bonds. The molecule has 0 aliphatic carbocycles. The Balaban J connectivity index is 0.00000161.